The van der Waals surface area contributed by atoms with Gasteiger partial charge in [-0.05, 0) is 19.8 Å². The first kappa shape index (κ1) is 10.9. The lowest BCUT2D eigenvalue weighted by molar-refractivity contribution is -0.0825. The normalized spacial score (nSPS) is 28.3. The molecule has 1 aliphatic rings. The molecule has 0 spiro atoms. The van der Waals surface area contributed by atoms with Gasteiger partial charge in [-0.3, -0.25) is 4.68 Å². The highest BCUT2D eigenvalue weighted by Crippen LogP contribution is 2.39. The van der Waals surface area contributed by atoms with Gasteiger partial charge in [0.2, 0.25) is 0 Å². The zero-order valence-electron chi connectivity index (χ0n) is 8.90. The van der Waals surface area contributed by atoms with Gasteiger partial charge in [0.1, 0.15) is 6.10 Å². The quantitative estimate of drug-likeness (QED) is 0.841. The van der Waals surface area contributed by atoms with E-state index in [0.29, 0.717) is 17.3 Å². The third-order valence-electron chi connectivity index (χ3n) is 3.02. The molecular formula is C10H15ClN2O2. The zero-order valence-corrected chi connectivity index (χ0v) is 9.66. The molecule has 1 N–H and O–H groups in total. The van der Waals surface area contributed by atoms with Gasteiger partial charge in [-0.2, -0.15) is 5.10 Å². The number of aryl methyl sites for hydroxylation is 1. The number of rotatable bonds is 2. The van der Waals surface area contributed by atoms with Crippen molar-refractivity contribution in [3.05, 3.63) is 16.9 Å². The van der Waals surface area contributed by atoms with Gasteiger partial charge in [-0.25, -0.2) is 0 Å². The van der Waals surface area contributed by atoms with Gasteiger partial charge in [0.05, 0.1) is 22.5 Å². The summed E-state index contributed by atoms with van der Waals surface area (Å²) in [4.78, 5) is 0. The van der Waals surface area contributed by atoms with E-state index in [1.165, 1.54) is 0 Å². The topological polar surface area (TPSA) is 47.3 Å². The number of hydrogen-bond donors (Lipinski definition) is 1. The van der Waals surface area contributed by atoms with Crippen molar-refractivity contribution in [3.63, 3.8) is 0 Å². The standard InChI is InChI=1S/C10H15ClN2O2/c1-10(4-3-5-15-10)9(14)8-7(11)6-12-13(8)2/h6,9,14H,3-5H2,1-2H3. The van der Waals surface area contributed by atoms with Crippen molar-refractivity contribution in [2.24, 2.45) is 7.05 Å². The Morgan fingerprint density at radius 2 is 2.47 bits per heavy atom. The van der Waals surface area contributed by atoms with Gasteiger partial charge in [-0.15, -0.1) is 0 Å². The Morgan fingerprint density at radius 1 is 1.73 bits per heavy atom. The molecule has 1 aromatic heterocycles. The van der Waals surface area contributed by atoms with Crippen LogP contribution < -0.4 is 0 Å². The summed E-state index contributed by atoms with van der Waals surface area (Å²) >= 11 is 5.98. The summed E-state index contributed by atoms with van der Waals surface area (Å²) in [5.74, 6) is 0. The van der Waals surface area contributed by atoms with Crippen molar-refractivity contribution in [2.75, 3.05) is 6.61 Å². The molecule has 1 aliphatic heterocycles. The Kier molecular flexibility index (Phi) is 2.75. The van der Waals surface area contributed by atoms with Crippen LogP contribution >= 0.6 is 11.6 Å². The van der Waals surface area contributed by atoms with Crippen molar-refractivity contribution in [3.8, 4) is 0 Å². The Hall–Kier alpha value is -0.580. The maximum absolute atomic E-state index is 10.3. The van der Waals surface area contributed by atoms with Crippen molar-refractivity contribution >= 4 is 11.6 Å². The van der Waals surface area contributed by atoms with E-state index < -0.39 is 11.7 Å². The summed E-state index contributed by atoms with van der Waals surface area (Å²) in [7, 11) is 1.77. The minimum atomic E-state index is -0.722. The first-order valence-corrected chi connectivity index (χ1v) is 5.42. The Bertz CT molecular complexity index is 339. The maximum atomic E-state index is 10.3. The first-order chi connectivity index (χ1) is 7.04. The molecule has 84 valence electrons. The zero-order chi connectivity index (χ0) is 11.1. The molecule has 0 radical (unpaired) electrons. The number of aromatic nitrogens is 2. The van der Waals surface area contributed by atoms with E-state index in [0.717, 1.165) is 12.8 Å². The van der Waals surface area contributed by atoms with Crippen LogP contribution in [0.3, 0.4) is 0 Å². The van der Waals surface area contributed by atoms with Gasteiger partial charge >= 0.3 is 0 Å². The highest BCUT2D eigenvalue weighted by atomic mass is 35.5. The van der Waals surface area contributed by atoms with Crippen LogP contribution in [0.2, 0.25) is 5.02 Å². The molecule has 0 amide bonds. The predicted molar refractivity (Wildman–Crippen MR) is 56.8 cm³/mol. The lowest BCUT2D eigenvalue weighted by atomic mass is 9.93. The molecule has 2 heterocycles. The van der Waals surface area contributed by atoms with Gasteiger partial charge in [0.15, 0.2) is 0 Å². The number of halogens is 1. The van der Waals surface area contributed by atoms with Crippen LogP contribution in [-0.2, 0) is 11.8 Å². The maximum Gasteiger partial charge on any atom is 0.126 e. The first-order valence-electron chi connectivity index (χ1n) is 5.04. The SMILES string of the molecule is Cn1ncc(Cl)c1C(O)C1(C)CCCO1. The fourth-order valence-electron chi connectivity index (χ4n) is 2.03. The summed E-state index contributed by atoms with van der Waals surface area (Å²) in [5, 5.41) is 14.8. The highest BCUT2D eigenvalue weighted by Gasteiger charge is 2.40. The van der Waals surface area contributed by atoms with Crippen molar-refractivity contribution in [2.45, 2.75) is 31.5 Å². The van der Waals surface area contributed by atoms with Crippen molar-refractivity contribution in [1.82, 2.24) is 9.78 Å². The van der Waals surface area contributed by atoms with Crippen LogP contribution in [0.1, 0.15) is 31.6 Å². The average Bonchev–Trinajstić information content (AvgIpc) is 2.75. The lowest BCUT2D eigenvalue weighted by Gasteiger charge is -2.29. The molecule has 0 aliphatic carbocycles. The van der Waals surface area contributed by atoms with Gasteiger partial charge in [-0.1, -0.05) is 11.6 Å². The molecule has 0 bridgehead atoms. The monoisotopic (exact) mass is 230 g/mol. The van der Waals surface area contributed by atoms with E-state index in [2.05, 4.69) is 5.10 Å². The third-order valence-corrected chi connectivity index (χ3v) is 3.32. The molecule has 1 aromatic rings. The number of hydrogen-bond acceptors (Lipinski definition) is 3. The van der Waals surface area contributed by atoms with Gasteiger partial charge < -0.3 is 9.84 Å². The van der Waals surface area contributed by atoms with E-state index >= 15 is 0 Å². The minimum absolute atomic E-state index is 0.488. The van der Waals surface area contributed by atoms with E-state index in [4.69, 9.17) is 16.3 Å². The summed E-state index contributed by atoms with van der Waals surface area (Å²) in [6.45, 7) is 2.61. The van der Waals surface area contributed by atoms with Crippen molar-refractivity contribution in [1.29, 1.82) is 0 Å². The summed E-state index contributed by atoms with van der Waals surface area (Å²) in [5.41, 5.74) is 0.0957. The number of ether oxygens (including phenoxy) is 1. The smallest absolute Gasteiger partial charge is 0.126 e. The lowest BCUT2D eigenvalue weighted by Crippen LogP contribution is -2.33. The van der Waals surface area contributed by atoms with E-state index in [1.807, 2.05) is 6.92 Å². The number of nitrogens with zero attached hydrogens (tertiary/aromatic N) is 2. The van der Waals surface area contributed by atoms with Crippen LogP contribution in [0.4, 0.5) is 0 Å². The number of aliphatic hydroxyl groups excluding tert-OH is 1. The van der Waals surface area contributed by atoms with Gasteiger partial charge in [0, 0.05) is 13.7 Å². The molecule has 0 aromatic carbocycles. The third kappa shape index (κ3) is 1.77. The molecule has 0 saturated carbocycles. The Morgan fingerprint density at radius 3 is 2.93 bits per heavy atom. The van der Waals surface area contributed by atoms with E-state index in [9.17, 15) is 5.11 Å². The fraction of sp³-hybridized carbons (Fsp3) is 0.700. The number of aliphatic hydroxyl groups is 1. The summed E-state index contributed by atoms with van der Waals surface area (Å²) in [6.07, 6.45) is 2.64. The Labute approximate surface area is 93.8 Å². The van der Waals surface area contributed by atoms with Crippen LogP contribution in [-0.4, -0.2) is 27.1 Å². The van der Waals surface area contributed by atoms with Crippen LogP contribution in [0, 0.1) is 0 Å². The second-order valence-corrected chi connectivity index (χ2v) is 4.58. The molecule has 2 rings (SSSR count). The molecule has 2 unspecified atom stereocenters. The highest BCUT2D eigenvalue weighted by molar-refractivity contribution is 6.31. The largest absolute Gasteiger partial charge is 0.384 e. The molecular weight excluding hydrogens is 216 g/mol. The summed E-state index contributed by atoms with van der Waals surface area (Å²) < 4.78 is 7.18. The predicted octanol–water partition coefficient (Wildman–Crippen LogP) is 1.68. The van der Waals surface area contributed by atoms with Gasteiger partial charge in [0.25, 0.3) is 0 Å². The fourth-order valence-corrected chi connectivity index (χ4v) is 2.30. The Balaban J connectivity index is 2.31. The molecule has 1 saturated heterocycles. The molecule has 4 nitrogen and oxygen atoms in total. The molecule has 15 heavy (non-hydrogen) atoms. The summed E-state index contributed by atoms with van der Waals surface area (Å²) in [6, 6.07) is 0. The van der Waals surface area contributed by atoms with Crippen LogP contribution in [0.25, 0.3) is 0 Å². The molecule has 5 heteroatoms. The van der Waals surface area contributed by atoms with Crippen molar-refractivity contribution < 1.29 is 9.84 Å². The van der Waals surface area contributed by atoms with Crippen LogP contribution in [0.15, 0.2) is 6.20 Å². The van der Waals surface area contributed by atoms with Crippen LogP contribution in [0.5, 0.6) is 0 Å². The van der Waals surface area contributed by atoms with E-state index in [1.54, 1.807) is 17.9 Å². The average molecular weight is 231 g/mol. The minimum Gasteiger partial charge on any atom is -0.384 e. The van der Waals surface area contributed by atoms with E-state index in [-0.39, 0.29) is 0 Å². The molecule has 1 fully saturated rings. The second kappa shape index (κ2) is 3.77. The molecule has 2 atom stereocenters. The second-order valence-electron chi connectivity index (χ2n) is 4.17.